The number of anilines is 2. The summed E-state index contributed by atoms with van der Waals surface area (Å²) in [5.41, 5.74) is 3.15. The molecule has 1 N–H and O–H groups in total. The van der Waals surface area contributed by atoms with Crippen molar-refractivity contribution in [2.24, 2.45) is 0 Å². The fourth-order valence-corrected chi connectivity index (χ4v) is 1.88. The number of nitrogens with zero attached hydrogens (tertiary/aromatic N) is 2. The highest BCUT2D eigenvalue weighted by Gasteiger charge is 2.01. The van der Waals surface area contributed by atoms with Gasteiger partial charge in [-0.3, -0.25) is 0 Å². The first-order chi connectivity index (χ1) is 8.71. The molecule has 0 saturated carbocycles. The normalized spacial score (nSPS) is 10.4. The summed E-state index contributed by atoms with van der Waals surface area (Å²) < 4.78 is 0. The minimum absolute atomic E-state index is 0.535. The number of alkyl halides is 1. The second kappa shape index (κ2) is 5.83. The molecule has 0 aliphatic rings. The Hall–Kier alpha value is -1.61. The van der Waals surface area contributed by atoms with Gasteiger partial charge >= 0.3 is 0 Å². The van der Waals surface area contributed by atoms with Crippen molar-refractivity contribution in [1.29, 1.82) is 0 Å². The molecule has 1 aromatic heterocycles. The van der Waals surface area contributed by atoms with Crippen LogP contribution in [0.3, 0.4) is 0 Å². The lowest BCUT2D eigenvalue weighted by atomic mass is 10.2. The third-order valence-corrected chi connectivity index (χ3v) is 2.94. The Morgan fingerprint density at radius 1 is 1.17 bits per heavy atom. The number of halogens is 1. The number of hydrogen-bond acceptors (Lipinski definition) is 3. The largest absolute Gasteiger partial charge is 0.340 e. The van der Waals surface area contributed by atoms with Gasteiger partial charge in [0.2, 0.25) is 0 Å². The standard InChI is InChI=1S/C14H16ClN3/c1-3-12-8-14(17-10(2)16-12)18-13-6-4-11(9-15)5-7-13/h4-8H,3,9H2,1-2H3,(H,16,17,18). The molecule has 2 aromatic rings. The van der Waals surface area contributed by atoms with E-state index in [1.165, 1.54) is 0 Å². The van der Waals surface area contributed by atoms with Crippen molar-refractivity contribution in [3.63, 3.8) is 0 Å². The summed E-state index contributed by atoms with van der Waals surface area (Å²) in [5.74, 6) is 2.15. The molecule has 0 bridgehead atoms. The Bertz CT molecular complexity index is 523. The van der Waals surface area contributed by atoms with Crippen molar-refractivity contribution >= 4 is 23.1 Å². The van der Waals surface area contributed by atoms with Crippen molar-refractivity contribution in [2.45, 2.75) is 26.1 Å². The predicted octanol–water partition coefficient (Wildman–Crippen LogP) is 3.83. The zero-order valence-corrected chi connectivity index (χ0v) is 11.3. The van der Waals surface area contributed by atoms with Crippen LogP contribution in [0, 0.1) is 6.92 Å². The highest BCUT2D eigenvalue weighted by molar-refractivity contribution is 6.17. The third-order valence-electron chi connectivity index (χ3n) is 2.63. The average Bonchev–Trinajstić information content (AvgIpc) is 2.39. The molecule has 0 atom stereocenters. The van der Waals surface area contributed by atoms with Crippen LogP contribution in [0.4, 0.5) is 11.5 Å². The molecule has 3 nitrogen and oxygen atoms in total. The predicted molar refractivity (Wildman–Crippen MR) is 75.4 cm³/mol. The number of rotatable bonds is 4. The van der Waals surface area contributed by atoms with Gasteiger partial charge in [0.25, 0.3) is 0 Å². The maximum atomic E-state index is 5.76. The SMILES string of the molecule is CCc1cc(Nc2ccc(CCl)cc2)nc(C)n1. The molecule has 1 aromatic carbocycles. The minimum Gasteiger partial charge on any atom is -0.340 e. The highest BCUT2D eigenvalue weighted by atomic mass is 35.5. The third kappa shape index (κ3) is 3.20. The van der Waals surface area contributed by atoms with Crippen LogP contribution >= 0.6 is 11.6 Å². The molecule has 0 radical (unpaired) electrons. The van der Waals surface area contributed by atoms with Gasteiger partial charge in [-0.15, -0.1) is 11.6 Å². The summed E-state index contributed by atoms with van der Waals surface area (Å²) in [6.07, 6.45) is 0.906. The lowest BCUT2D eigenvalue weighted by Crippen LogP contribution is -2.00. The van der Waals surface area contributed by atoms with Crippen LogP contribution in [0.1, 0.15) is 24.0 Å². The second-order valence-corrected chi connectivity index (χ2v) is 4.37. The maximum absolute atomic E-state index is 5.76. The molecular weight excluding hydrogens is 246 g/mol. The fourth-order valence-electron chi connectivity index (χ4n) is 1.70. The number of hydrogen-bond donors (Lipinski definition) is 1. The van der Waals surface area contributed by atoms with Crippen molar-refractivity contribution in [3.05, 3.63) is 47.4 Å². The summed E-state index contributed by atoms with van der Waals surface area (Å²) in [5, 5.41) is 3.28. The zero-order valence-electron chi connectivity index (χ0n) is 10.6. The lowest BCUT2D eigenvalue weighted by Gasteiger charge is -2.08. The Kier molecular flexibility index (Phi) is 4.15. The number of aromatic nitrogens is 2. The van der Waals surface area contributed by atoms with Gasteiger partial charge in [-0.25, -0.2) is 9.97 Å². The summed E-state index contributed by atoms with van der Waals surface area (Å²) in [7, 11) is 0. The second-order valence-electron chi connectivity index (χ2n) is 4.10. The molecule has 0 amide bonds. The molecule has 0 fully saturated rings. The number of benzene rings is 1. The van der Waals surface area contributed by atoms with Crippen molar-refractivity contribution < 1.29 is 0 Å². The summed E-state index contributed by atoms with van der Waals surface area (Å²) >= 11 is 5.76. The highest BCUT2D eigenvalue weighted by Crippen LogP contribution is 2.17. The van der Waals surface area contributed by atoms with Gasteiger partial charge in [-0.1, -0.05) is 19.1 Å². The Labute approximate surface area is 112 Å². The summed E-state index contributed by atoms with van der Waals surface area (Å²) in [4.78, 5) is 8.72. The van der Waals surface area contributed by atoms with Crippen LogP contribution in [-0.4, -0.2) is 9.97 Å². The minimum atomic E-state index is 0.535. The van der Waals surface area contributed by atoms with Crippen LogP contribution in [0.2, 0.25) is 0 Å². The van der Waals surface area contributed by atoms with Gasteiger partial charge in [0.15, 0.2) is 0 Å². The molecule has 0 aliphatic heterocycles. The zero-order chi connectivity index (χ0) is 13.0. The van der Waals surface area contributed by atoms with Crippen LogP contribution in [0.5, 0.6) is 0 Å². The Balaban J connectivity index is 2.19. The van der Waals surface area contributed by atoms with E-state index in [4.69, 9.17) is 11.6 Å². The van der Waals surface area contributed by atoms with E-state index >= 15 is 0 Å². The van der Waals surface area contributed by atoms with E-state index in [9.17, 15) is 0 Å². The van der Waals surface area contributed by atoms with E-state index in [0.717, 1.165) is 35.0 Å². The quantitative estimate of drug-likeness (QED) is 0.850. The Morgan fingerprint density at radius 2 is 1.89 bits per heavy atom. The topological polar surface area (TPSA) is 37.8 Å². The van der Waals surface area contributed by atoms with E-state index in [0.29, 0.717) is 5.88 Å². The first-order valence-electron chi connectivity index (χ1n) is 5.97. The molecule has 4 heteroatoms. The van der Waals surface area contributed by atoms with E-state index in [-0.39, 0.29) is 0 Å². The van der Waals surface area contributed by atoms with Crippen LogP contribution in [-0.2, 0) is 12.3 Å². The molecule has 0 spiro atoms. The molecule has 0 unspecified atom stereocenters. The molecular formula is C14H16ClN3. The monoisotopic (exact) mass is 261 g/mol. The number of aryl methyl sites for hydroxylation is 2. The Morgan fingerprint density at radius 3 is 2.50 bits per heavy atom. The van der Waals surface area contributed by atoms with Crippen molar-refractivity contribution in [2.75, 3.05) is 5.32 Å². The van der Waals surface area contributed by atoms with Gasteiger partial charge in [0.05, 0.1) is 0 Å². The molecule has 0 saturated heterocycles. The molecule has 94 valence electrons. The molecule has 18 heavy (non-hydrogen) atoms. The van der Waals surface area contributed by atoms with Gasteiger partial charge in [0, 0.05) is 23.3 Å². The van der Waals surface area contributed by atoms with Crippen LogP contribution < -0.4 is 5.32 Å². The van der Waals surface area contributed by atoms with Gasteiger partial charge in [-0.05, 0) is 31.0 Å². The van der Waals surface area contributed by atoms with Crippen LogP contribution in [0.25, 0.3) is 0 Å². The van der Waals surface area contributed by atoms with Crippen molar-refractivity contribution in [3.8, 4) is 0 Å². The van der Waals surface area contributed by atoms with E-state index in [2.05, 4.69) is 22.2 Å². The van der Waals surface area contributed by atoms with Crippen LogP contribution in [0.15, 0.2) is 30.3 Å². The smallest absolute Gasteiger partial charge is 0.134 e. The summed E-state index contributed by atoms with van der Waals surface area (Å²) in [6.45, 7) is 3.99. The number of nitrogens with one attached hydrogen (secondary N) is 1. The van der Waals surface area contributed by atoms with E-state index in [1.54, 1.807) is 0 Å². The molecule has 0 aliphatic carbocycles. The van der Waals surface area contributed by atoms with E-state index in [1.807, 2.05) is 37.3 Å². The van der Waals surface area contributed by atoms with E-state index < -0.39 is 0 Å². The molecule has 2 rings (SSSR count). The van der Waals surface area contributed by atoms with Gasteiger partial charge < -0.3 is 5.32 Å². The van der Waals surface area contributed by atoms with Gasteiger partial charge in [0.1, 0.15) is 11.6 Å². The van der Waals surface area contributed by atoms with Gasteiger partial charge in [-0.2, -0.15) is 0 Å². The van der Waals surface area contributed by atoms with Crippen molar-refractivity contribution in [1.82, 2.24) is 9.97 Å². The summed E-state index contributed by atoms with van der Waals surface area (Å²) in [6, 6.07) is 9.98. The first-order valence-corrected chi connectivity index (χ1v) is 6.51. The lowest BCUT2D eigenvalue weighted by molar-refractivity contribution is 0.953. The first kappa shape index (κ1) is 12.8. The maximum Gasteiger partial charge on any atom is 0.134 e. The average molecular weight is 262 g/mol. The fraction of sp³-hybridized carbons (Fsp3) is 0.286. The molecule has 1 heterocycles.